The summed E-state index contributed by atoms with van der Waals surface area (Å²) in [7, 11) is 0. The van der Waals surface area contributed by atoms with Crippen molar-refractivity contribution in [3.63, 3.8) is 0 Å². The van der Waals surface area contributed by atoms with E-state index in [4.69, 9.17) is 18.7 Å². The number of carbonyl (C=O) groups is 1. The van der Waals surface area contributed by atoms with Crippen molar-refractivity contribution in [2.45, 2.75) is 6.04 Å². The van der Waals surface area contributed by atoms with E-state index in [0.29, 0.717) is 43.6 Å². The van der Waals surface area contributed by atoms with Crippen LogP contribution in [-0.2, 0) is 9.47 Å². The number of nitrogens with zero attached hydrogens (tertiary/aromatic N) is 3. The number of aromatic nitrogens is 1. The highest BCUT2D eigenvalue weighted by atomic mass is 19.1. The molecule has 0 saturated carbocycles. The minimum Gasteiger partial charge on any atom is -0.473 e. The van der Waals surface area contributed by atoms with Gasteiger partial charge in [0.15, 0.2) is 0 Å². The zero-order valence-corrected chi connectivity index (χ0v) is 14.0. The molecule has 2 aliphatic rings. The largest absolute Gasteiger partial charge is 0.473 e. The number of anilines is 2. The van der Waals surface area contributed by atoms with Gasteiger partial charge in [-0.15, -0.1) is 0 Å². The number of amides is 1. The average Bonchev–Trinajstić information content (AvgIpc) is 3.30. The maximum Gasteiger partial charge on any atom is 0.414 e. The Morgan fingerprint density at radius 1 is 1.27 bits per heavy atom. The molecule has 1 atom stereocenters. The van der Waals surface area contributed by atoms with E-state index in [0.717, 1.165) is 0 Å². The second-order valence-corrected chi connectivity index (χ2v) is 5.98. The Balaban J connectivity index is 1.50. The normalized spacial score (nSPS) is 20.3. The van der Waals surface area contributed by atoms with Crippen LogP contribution in [0.5, 0.6) is 5.88 Å². The molecule has 2 aromatic rings. The first-order chi connectivity index (χ1) is 12.7. The number of hydrogen-bond donors (Lipinski definition) is 0. The van der Waals surface area contributed by atoms with Crippen LogP contribution in [0.15, 0.2) is 35.1 Å². The summed E-state index contributed by atoms with van der Waals surface area (Å²) in [6.45, 7) is 2.73. The van der Waals surface area contributed by atoms with Gasteiger partial charge in [0.25, 0.3) is 5.88 Å². The number of hydrogen-bond acceptors (Lipinski definition) is 7. The van der Waals surface area contributed by atoms with Crippen molar-refractivity contribution in [3.05, 3.63) is 36.3 Å². The summed E-state index contributed by atoms with van der Waals surface area (Å²) in [5.74, 6) is -0.0709. The van der Waals surface area contributed by atoms with E-state index in [9.17, 15) is 9.18 Å². The van der Waals surface area contributed by atoms with Gasteiger partial charge in [-0.05, 0) is 23.4 Å². The van der Waals surface area contributed by atoms with Gasteiger partial charge < -0.3 is 23.6 Å². The third-order valence-electron chi connectivity index (χ3n) is 4.36. The Bertz CT molecular complexity index is 764. The summed E-state index contributed by atoms with van der Waals surface area (Å²) < 4.78 is 35.2. The van der Waals surface area contributed by atoms with Crippen LogP contribution in [-0.4, -0.2) is 56.8 Å². The molecule has 0 radical (unpaired) electrons. The molecule has 2 aliphatic heterocycles. The Morgan fingerprint density at radius 2 is 2.12 bits per heavy atom. The molecule has 0 bridgehead atoms. The van der Waals surface area contributed by atoms with Crippen LogP contribution in [0, 0.1) is 5.82 Å². The number of rotatable bonds is 5. The maximum atomic E-state index is 14.6. The van der Waals surface area contributed by atoms with Crippen LogP contribution in [0.25, 0.3) is 0 Å². The zero-order chi connectivity index (χ0) is 17.9. The second kappa shape index (κ2) is 7.20. The summed E-state index contributed by atoms with van der Waals surface area (Å²) in [6, 6.07) is 5.92. The number of morpholine rings is 1. The lowest BCUT2D eigenvalue weighted by Crippen LogP contribution is -2.38. The highest BCUT2D eigenvalue weighted by Crippen LogP contribution is 2.29. The summed E-state index contributed by atoms with van der Waals surface area (Å²) in [5, 5.41) is 3.65. The fourth-order valence-electron chi connectivity index (χ4n) is 3.06. The molecule has 8 nitrogen and oxygen atoms in total. The third kappa shape index (κ3) is 3.30. The van der Waals surface area contributed by atoms with Crippen molar-refractivity contribution in [1.29, 1.82) is 0 Å². The van der Waals surface area contributed by atoms with Crippen molar-refractivity contribution in [3.8, 4) is 5.88 Å². The quantitative estimate of drug-likeness (QED) is 0.805. The number of halogens is 1. The molecule has 9 heteroatoms. The number of ether oxygens (including phenoxy) is 3. The van der Waals surface area contributed by atoms with Crippen LogP contribution in [0.1, 0.15) is 0 Å². The van der Waals surface area contributed by atoms with Gasteiger partial charge in [0, 0.05) is 19.2 Å². The highest BCUT2D eigenvalue weighted by molar-refractivity contribution is 5.90. The molecule has 2 saturated heterocycles. The van der Waals surface area contributed by atoms with Gasteiger partial charge in [0.05, 0.1) is 24.6 Å². The van der Waals surface area contributed by atoms with E-state index < -0.39 is 6.09 Å². The van der Waals surface area contributed by atoms with Crippen LogP contribution >= 0.6 is 0 Å². The Kier molecular flexibility index (Phi) is 4.61. The van der Waals surface area contributed by atoms with E-state index in [1.807, 2.05) is 4.90 Å². The molecule has 0 N–H and O–H groups in total. The molecule has 0 unspecified atom stereocenters. The van der Waals surface area contributed by atoms with E-state index >= 15 is 0 Å². The van der Waals surface area contributed by atoms with E-state index in [-0.39, 0.29) is 25.1 Å². The summed E-state index contributed by atoms with van der Waals surface area (Å²) in [6.07, 6.45) is 0.862. The van der Waals surface area contributed by atoms with Crippen molar-refractivity contribution in [1.82, 2.24) is 5.16 Å². The third-order valence-corrected chi connectivity index (χ3v) is 4.36. The molecule has 3 heterocycles. The van der Waals surface area contributed by atoms with Gasteiger partial charge >= 0.3 is 6.09 Å². The monoisotopic (exact) mass is 363 g/mol. The molecule has 0 spiro atoms. The van der Waals surface area contributed by atoms with Crippen LogP contribution in [0.2, 0.25) is 0 Å². The average molecular weight is 363 g/mol. The van der Waals surface area contributed by atoms with Gasteiger partial charge in [-0.25, -0.2) is 9.18 Å². The summed E-state index contributed by atoms with van der Waals surface area (Å²) in [4.78, 5) is 15.4. The maximum absolute atomic E-state index is 14.6. The number of cyclic esters (lactones) is 1. The minimum absolute atomic E-state index is 0.156. The Morgan fingerprint density at radius 3 is 2.85 bits per heavy atom. The molecule has 1 aromatic heterocycles. The van der Waals surface area contributed by atoms with Gasteiger partial charge in [0.2, 0.25) is 0 Å². The predicted molar refractivity (Wildman–Crippen MR) is 89.0 cm³/mol. The van der Waals surface area contributed by atoms with Crippen molar-refractivity contribution in [2.75, 3.05) is 49.3 Å². The van der Waals surface area contributed by atoms with Crippen LogP contribution in [0.3, 0.4) is 0 Å². The van der Waals surface area contributed by atoms with Crippen LogP contribution in [0.4, 0.5) is 20.6 Å². The molecule has 2 fully saturated rings. The van der Waals surface area contributed by atoms with Gasteiger partial charge in [0.1, 0.15) is 31.3 Å². The summed E-state index contributed by atoms with van der Waals surface area (Å²) >= 11 is 0. The first-order valence-corrected chi connectivity index (χ1v) is 8.34. The summed E-state index contributed by atoms with van der Waals surface area (Å²) in [5.41, 5.74) is 0.927. The van der Waals surface area contributed by atoms with Gasteiger partial charge in [-0.1, -0.05) is 0 Å². The lowest BCUT2D eigenvalue weighted by Gasteiger charge is -2.29. The fraction of sp³-hybridized carbons (Fsp3) is 0.412. The van der Waals surface area contributed by atoms with Crippen molar-refractivity contribution < 1.29 is 27.9 Å². The Labute approximate surface area is 149 Å². The second-order valence-electron chi connectivity index (χ2n) is 5.98. The molecular formula is C17H18FN3O5. The van der Waals surface area contributed by atoms with Crippen molar-refractivity contribution in [2.24, 2.45) is 0 Å². The van der Waals surface area contributed by atoms with Gasteiger partial charge in [-0.2, -0.15) is 0 Å². The minimum atomic E-state index is -0.530. The smallest absolute Gasteiger partial charge is 0.414 e. The molecular weight excluding hydrogens is 345 g/mol. The standard InChI is InChI=1S/C17H18FN3O5/c18-14-9-12(1-2-15(14)20-4-7-23-8-5-20)21-13(11-25-17(21)22)10-24-16-3-6-26-19-16/h1-3,6,9,13H,4-5,7-8,10-11H2/t13-/m1/s1. The fourth-order valence-corrected chi connectivity index (χ4v) is 3.06. The highest BCUT2D eigenvalue weighted by Gasteiger charge is 2.35. The number of benzene rings is 1. The first kappa shape index (κ1) is 16.6. The van der Waals surface area contributed by atoms with E-state index in [2.05, 4.69) is 5.16 Å². The molecule has 1 aromatic carbocycles. The molecule has 138 valence electrons. The molecule has 1 amide bonds. The topological polar surface area (TPSA) is 77.3 Å². The number of carbonyl (C=O) groups excluding carboxylic acids is 1. The SMILES string of the molecule is O=C1OC[C@@H](COc2ccon2)N1c1ccc(N2CCOCC2)c(F)c1. The lowest BCUT2D eigenvalue weighted by molar-refractivity contribution is 0.122. The molecule has 4 rings (SSSR count). The molecule has 26 heavy (non-hydrogen) atoms. The predicted octanol–water partition coefficient (Wildman–Crippen LogP) is 2.05. The van der Waals surface area contributed by atoms with E-state index in [1.165, 1.54) is 17.2 Å². The van der Waals surface area contributed by atoms with Crippen LogP contribution < -0.4 is 14.5 Å². The van der Waals surface area contributed by atoms with E-state index in [1.54, 1.807) is 18.2 Å². The first-order valence-electron chi connectivity index (χ1n) is 8.34. The van der Waals surface area contributed by atoms with Crippen molar-refractivity contribution >= 4 is 17.5 Å². The molecule has 0 aliphatic carbocycles. The zero-order valence-electron chi connectivity index (χ0n) is 14.0. The lowest BCUT2D eigenvalue weighted by atomic mass is 10.2. The Hall–Kier alpha value is -2.81. The van der Waals surface area contributed by atoms with Gasteiger partial charge in [-0.3, -0.25) is 4.90 Å².